The van der Waals surface area contributed by atoms with Gasteiger partial charge in [0.15, 0.2) is 6.04 Å². The molecule has 0 aliphatic carbocycles. The van der Waals surface area contributed by atoms with Gasteiger partial charge in [-0.2, -0.15) is 13.2 Å². The molecule has 10 nitrogen and oxygen atoms in total. The Morgan fingerprint density at radius 2 is 2.07 bits per heavy atom. The van der Waals surface area contributed by atoms with Crippen LogP contribution in [0.5, 0.6) is 5.75 Å². The number of amides is 1. The molecule has 5 aliphatic heterocycles. The van der Waals surface area contributed by atoms with E-state index in [-0.39, 0.29) is 32.1 Å². The maximum absolute atomic E-state index is 14.8. The van der Waals surface area contributed by atoms with Crippen molar-refractivity contribution in [3.8, 4) is 5.75 Å². The van der Waals surface area contributed by atoms with Crippen molar-refractivity contribution in [1.29, 1.82) is 0 Å². The van der Waals surface area contributed by atoms with Gasteiger partial charge in [-0.15, -0.1) is 0 Å². The van der Waals surface area contributed by atoms with Crippen molar-refractivity contribution in [3.05, 3.63) is 64.4 Å². The highest BCUT2D eigenvalue weighted by Crippen LogP contribution is 2.38. The second-order valence-electron chi connectivity index (χ2n) is 10.6. The van der Waals surface area contributed by atoms with Gasteiger partial charge < -0.3 is 24.4 Å². The zero-order valence-corrected chi connectivity index (χ0v) is 22.2. The number of hydrogen-bond acceptors (Lipinski definition) is 7. The van der Waals surface area contributed by atoms with E-state index < -0.39 is 35.9 Å². The van der Waals surface area contributed by atoms with Gasteiger partial charge in [-0.1, -0.05) is 0 Å². The number of ether oxygens (including phenoxy) is 3. The number of hydrogen-bond donors (Lipinski definition) is 1. The van der Waals surface area contributed by atoms with E-state index in [2.05, 4.69) is 20.3 Å². The van der Waals surface area contributed by atoms with E-state index in [1.807, 2.05) is 0 Å². The lowest BCUT2D eigenvalue weighted by atomic mass is 9.87. The largest absolute Gasteiger partial charge is 0.493 e. The van der Waals surface area contributed by atoms with Crippen molar-refractivity contribution in [2.75, 3.05) is 33.0 Å². The van der Waals surface area contributed by atoms with Crippen molar-refractivity contribution >= 4 is 23.8 Å². The molecule has 0 saturated carbocycles. The quantitative estimate of drug-likeness (QED) is 0.550. The minimum Gasteiger partial charge on any atom is -0.493 e. The number of fused-ring (bicyclic) bond motifs is 3. The third kappa shape index (κ3) is 4.67. The number of aromatic nitrogens is 1. The topological polar surface area (TPSA) is 101 Å². The third-order valence-electron chi connectivity index (χ3n) is 8.02. The van der Waals surface area contributed by atoms with Gasteiger partial charge in [0.1, 0.15) is 17.3 Å². The van der Waals surface area contributed by atoms with Gasteiger partial charge in [-0.3, -0.25) is 19.7 Å². The van der Waals surface area contributed by atoms with Crippen molar-refractivity contribution < 1.29 is 36.6 Å². The fourth-order valence-electron chi connectivity index (χ4n) is 6.02. The minimum atomic E-state index is -4.66. The summed E-state index contributed by atoms with van der Waals surface area (Å²) < 4.78 is 72.5. The Morgan fingerprint density at radius 1 is 1.19 bits per heavy atom. The van der Waals surface area contributed by atoms with E-state index in [9.17, 15) is 22.4 Å². The summed E-state index contributed by atoms with van der Waals surface area (Å²) in [5.74, 6) is 0.208. The molecule has 14 heteroatoms. The van der Waals surface area contributed by atoms with Crippen LogP contribution < -0.4 is 10.1 Å². The van der Waals surface area contributed by atoms with Gasteiger partial charge in [0.2, 0.25) is 11.9 Å². The van der Waals surface area contributed by atoms with Crippen LogP contribution >= 0.6 is 0 Å². The number of carbonyl (C=O) groups excluding carboxylic acids is 1. The van der Waals surface area contributed by atoms with Crippen molar-refractivity contribution in [3.63, 3.8) is 0 Å². The van der Waals surface area contributed by atoms with Crippen molar-refractivity contribution in [1.82, 2.24) is 20.1 Å². The summed E-state index contributed by atoms with van der Waals surface area (Å²) in [6.07, 6.45) is -0.215. The summed E-state index contributed by atoms with van der Waals surface area (Å²) in [5.41, 5.74) is 1.45. The van der Waals surface area contributed by atoms with E-state index in [0.29, 0.717) is 60.2 Å². The van der Waals surface area contributed by atoms with Crippen LogP contribution in [-0.2, 0) is 40.0 Å². The molecular weight excluding hydrogens is 560 g/mol. The number of nitrogens with one attached hydrogen (secondary N) is 1. The molecule has 1 aromatic carbocycles. The molecule has 5 aliphatic rings. The molecule has 42 heavy (non-hydrogen) atoms. The summed E-state index contributed by atoms with van der Waals surface area (Å²) in [7, 11) is 0. The number of benzene rings is 1. The zero-order chi connectivity index (χ0) is 29.0. The minimum absolute atomic E-state index is 0.0117. The Kier molecular flexibility index (Phi) is 6.61. The smallest absolute Gasteiger partial charge is 0.433 e. The van der Waals surface area contributed by atoms with E-state index in [1.54, 1.807) is 17.2 Å². The Morgan fingerprint density at radius 3 is 2.88 bits per heavy atom. The van der Waals surface area contributed by atoms with Crippen LogP contribution in [0.2, 0.25) is 0 Å². The van der Waals surface area contributed by atoms with Gasteiger partial charge in [-0.05, 0) is 23.8 Å². The first-order chi connectivity index (χ1) is 20.3. The second-order valence-corrected chi connectivity index (χ2v) is 10.6. The van der Waals surface area contributed by atoms with Gasteiger partial charge in [0.05, 0.1) is 51.5 Å². The molecule has 0 spiro atoms. The molecule has 1 saturated heterocycles. The molecule has 6 heterocycles. The van der Waals surface area contributed by atoms with Gasteiger partial charge in [0.25, 0.3) is 0 Å². The highest BCUT2D eigenvalue weighted by molar-refractivity contribution is 6.03. The first-order valence-corrected chi connectivity index (χ1v) is 13.6. The van der Waals surface area contributed by atoms with E-state index in [4.69, 9.17) is 14.2 Å². The normalized spacial score (nSPS) is 25.7. The van der Waals surface area contributed by atoms with Crippen LogP contribution in [-0.4, -0.2) is 84.1 Å². The van der Waals surface area contributed by atoms with E-state index in [1.165, 1.54) is 23.5 Å². The molecule has 0 radical (unpaired) electrons. The number of carbonyl (C=O) groups is 1. The molecule has 0 bridgehead atoms. The number of halogens is 4. The molecule has 1 aromatic heterocycles. The maximum Gasteiger partial charge on any atom is 0.433 e. The van der Waals surface area contributed by atoms with Crippen LogP contribution in [0.25, 0.3) is 5.57 Å². The Balaban J connectivity index is 1.26. The predicted octanol–water partition coefficient (Wildman–Crippen LogP) is 2.51. The SMILES string of the molecule is O=C1C2N=CN3C(=NCc4c(F)ccc5c4CCO5)NC=C(c4cnc(C(F)(F)F)cc4CN1CC1COCCO1)C23. The highest BCUT2D eigenvalue weighted by atomic mass is 19.4. The van der Waals surface area contributed by atoms with Gasteiger partial charge in [-0.25, -0.2) is 9.38 Å². The lowest BCUT2D eigenvalue weighted by molar-refractivity contribution is -0.141. The second kappa shape index (κ2) is 10.3. The number of alkyl halides is 3. The molecule has 1 fully saturated rings. The van der Waals surface area contributed by atoms with Crippen LogP contribution in [0, 0.1) is 5.82 Å². The number of aliphatic imine (C=N–C) groups is 2. The molecular formula is C28H26F4N6O4. The Hall–Kier alpha value is -4.04. The number of nitrogens with zero attached hydrogens (tertiary/aromatic N) is 5. The maximum atomic E-state index is 14.8. The third-order valence-corrected chi connectivity index (χ3v) is 8.02. The van der Waals surface area contributed by atoms with Gasteiger partial charge in [0, 0.05) is 54.2 Å². The van der Waals surface area contributed by atoms with Crippen LogP contribution in [0.4, 0.5) is 17.6 Å². The average Bonchev–Trinajstić information content (AvgIpc) is 3.64. The van der Waals surface area contributed by atoms with Crippen LogP contribution in [0.3, 0.4) is 0 Å². The molecule has 1 N–H and O–H groups in total. The predicted molar refractivity (Wildman–Crippen MR) is 141 cm³/mol. The molecule has 1 amide bonds. The number of guanidine groups is 1. The summed E-state index contributed by atoms with van der Waals surface area (Å²) in [6, 6.07) is 2.35. The fraction of sp³-hybridized carbons (Fsp3) is 0.429. The monoisotopic (exact) mass is 586 g/mol. The standard InChI is InChI=1S/C28H26F4N6O4/c29-21-1-2-22-17(3-4-42-22)19(21)9-34-27-35-10-20-18-8-33-23(28(30,31)32)7-15(18)11-37(12-16-13-40-5-6-41-16)26(39)24-25(20)38(27)14-36-24/h1-2,7-8,10,14,16,24-25H,3-6,9,11-13H2,(H,34,35). The molecule has 220 valence electrons. The fourth-order valence-corrected chi connectivity index (χ4v) is 6.02. The number of pyridine rings is 1. The van der Waals surface area contributed by atoms with Crippen LogP contribution in [0.15, 0.2) is 40.6 Å². The zero-order valence-electron chi connectivity index (χ0n) is 22.2. The highest BCUT2D eigenvalue weighted by Gasteiger charge is 2.47. The summed E-state index contributed by atoms with van der Waals surface area (Å²) >= 11 is 0. The van der Waals surface area contributed by atoms with E-state index >= 15 is 0 Å². The van der Waals surface area contributed by atoms with Crippen LogP contribution in [0.1, 0.15) is 27.9 Å². The summed E-state index contributed by atoms with van der Waals surface area (Å²) in [4.78, 5) is 29.9. The Bertz CT molecular complexity index is 1520. The average molecular weight is 587 g/mol. The molecule has 7 rings (SSSR count). The molecule has 2 aromatic rings. The van der Waals surface area contributed by atoms with E-state index in [0.717, 1.165) is 11.6 Å². The first kappa shape index (κ1) is 26.8. The lowest BCUT2D eigenvalue weighted by Crippen LogP contribution is -2.55. The molecule has 3 unspecified atom stereocenters. The summed E-state index contributed by atoms with van der Waals surface area (Å²) in [5, 5.41) is 3.09. The first-order valence-electron chi connectivity index (χ1n) is 13.6. The number of rotatable bonds is 4. The van der Waals surface area contributed by atoms with Crippen molar-refractivity contribution in [2.45, 2.75) is 43.9 Å². The molecule has 3 atom stereocenters. The summed E-state index contributed by atoms with van der Waals surface area (Å²) in [6.45, 7) is 1.58. The van der Waals surface area contributed by atoms with Crippen molar-refractivity contribution in [2.24, 2.45) is 9.98 Å². The Labute approximate surface area is 237 Å². The lowest BCUT2D eigenvalue weighted by Gasteiger charge is -2.39. The van der Waals surface area contributed by atoms with Gasteiger partial charge >= 0.3 is 6.18 Å².